The average Bonchev–Trinajstić information content (AvgIpc) is 3.21. The van der Waals surface area contributed by atoms with Crippen molar-refractivity contribution in [2.45, 2.75) is 32.2 Å². The highest BCUT2D eigenvalue weighted by atomic mass is 35.5. The van der Waals surface area contributed by atoms with Crippen LogP contribution in [0.2, 0.25) is 5.02 Å². The number of benzene rings is 2. The van der Waals surface area contributed by atoms with Crippen LogP contribution in [0.15, 0.2) is 72.6 Å². The Bertz CT molecular complexity index is 1340. The molecule has 190 valence electrons. The van der Waals surface area contributed by atoms with Crippen molar-refractivity contribution in [2.24, 2.45) is 0 Å². The van der Waals surface area contributed by atoms with Gasteiger partial charge in [0.2, 0.25) is 0 Å². The van der Waals surface area contributed by atoms with E-state index in [0.717, 1.165) is 31.6 Å². The van der Waals surface area contributed by atoms with E-state index >= 15 is 0 Å². The number of anilines is 2. The molecule has 1 aromatic heterocycles. The predicted octanol–water partition coefficient (Wildman–Crippen LogP) is 5.75. The first-order valence-electron chi connectivity index (χ1n) is 12.5. The van der Waals surface area contributed by atoms with Crippen LogP contribution < -0.4 is 14.5 Å². The second-order valence-corrected chi connectivity index (χ2v) is 9.50. The molecule has 3 aromatic rings. The number of aromatic nitrogens is 1. The Kier molecular flexibility index (Phi) is 7.15. The van der Waals surface area contributed by atoms with Crippen LogP contribution in [-0.2, 0) is 9.59 Å². The molecule has 2 aromatic carbocycles. The lowest BCUT2D eigenvalue weighted by Gasteiger charge is -2.30. The van der Waals surface area contributed by atoms with Crippen LogP contribution in [0.3, 0.4) is 0 Å². The molecule has 2 saturated heterocycles. The van der Waals surface area contributed by atoms with Gasteiger partial charge >= 0.3 is 0 Å². The summed E-state index contributed by atoms with van der Waals surface area (Å²) in [6.45, 7) is 4.22. The van der Waals surface area contributed by atoms with Crippen LogP contribution in [0.25, 0.3) is 5.76 Å². The largest absolute Gasteiger partial charge is 0.507 e. The molecule has 1 unspecified atom stereocenters. The van der Waals surface area contributed by atoms with E-state index in [9.17, 15) is 14.7 Å². The molecule has 5 rings (SSSR count). The van der Waals surface area contributed by atoms with Gasteiger partial charge in [-0.05, 0) is 80.3 Å². The summed E-state index contributed by atoms with van der Waals surface area (Å²) in [5.74, 6) is -1.38. The van der Waals surface area contributed by atoms with Gasteiger partial charge in [0.05, 0.1) is 23.2 Å². The number of hydrogen-bond acceptors (Lipinski definition) is 6. The maximum absolute atomic E-state index is 13.4. The summed E-state index contributed by atoms with van der Waals surface area (Å²) in [6.07, 6.45) is 6.79. The Hall–Kier alpha value is -3.84. The maximum atomic E-state index is 13.4. The van der Waals surface area contributed by atoms with Gasteiger partial charge in [-0.25, -0.2) is 0 Å². The number of ketones is 1. The van der Waals surface area contributed by atoms with Gasteiger partial charge in [0.15, 0.2) is 0 Å². The van der Waals surface area contributed by atoms with Gasteiger partial charge in [-0.15, -0.1) is 0 Å². The third-order valence-electron chi connectivity index (χ3n) is 6.80. The first-order chi connectivity index (χ1) is 18.0. The Morgan fingerprint density at radius 3 is 2.46 bits per heavy atom. The van der Waals surface area contributed by atoms with E-state index in [1.54, 1.807) is 42.7 Å². The number of Topliss-reactive ketones (excluding diaryl/α,β-unsaturated/α-hetero) is 1. The van der Waals surface area contributed by atoms with Gasteiger partial charge in [0.1, 0.15) is 11.5 Å². The fourth-order valence-electron chi connectivity index (χ4n) is 5.00. The van der Waals surface area contributed by atoms with Gasteiger partial charge in [0.25, 0.3) is 11.7 Å². The third-order valence-corrected chi connectivity index (χ3v) is 7.11. The number of ether oxygens (including phenoxy) is 1. The van der Waals surface area contributed by atoms with Gasteiger partial charge < -0.3 is 14.7 Å². The van der Waals surface area contributed by atoms with E-state index in [1.165, 1.54) is 11.3 Å². The molecule has 2 aliphatic rings. The van der Waals surface area contributed by atoms with E-state index < -0.39 is 17.7 Å². The molecule has 8 heteroatoms. The highest BCUT2D eigenvalue weighted by molar-refractivity contribution is 6.51. The highest BCUT2D eigenvalue weighted by Crippen LogP contribution is 2.43. The molecule has 0 aliphatic carbocycles. The minimum Gasteiger partial charge on any atom is -0.507 e. The summed E-state index contributed by atoms with van der Waals surface area (Å²) >= 11 is 6.22. The summed E-state index contributed by atoms with van der Waals surface area (Å²) in [5.41, 5.74) is 2.59. The van der Waals surface area contributed by atoms with Crippen molar-refractivity contribution < 1.29 is 19.4 Å². The number of nitrogens with zero attached hydrogens (tertiary/aromatic N) is 3. The molecule has 1 amide bonds. The Morgan fingerprint density at radius 1 is 1.05 bits per heavy atom. The molecular weight excluding hydrogens is 490 g/mol. The molecule has 37 heavy (non-hydrogen) atoms. The second kappa shape index (κ2) is 10.6. The monoisotopic (exact) mass is 517 g/mol. The maximum Gasteiger partial charge on any atom is 0.300 e. The van der Waals surface area contributed by atoms with Crippen LogP contribution in [0.5, 0.6) is 5.75 Å². The zero-order valence-corrected chi connectivity index (χ0v) is 21.3. The number of carbonyl (C=O) groups is 2. The van der Waals surface area contributed by atoms with E-state index in [2.05, 4.69) is 9.88 Å². The number of carbonyl (C=O) groups excluding carboxylic acids is 2. The van der Waals surface area contributed by atoms with E-state index in [1.807, 2.05) is 31.2 Å². The SMILES string of the molecule is CCOc1cc(/C(O)=C2/C(=O)C(=O)N(c3ccc(N4CCCCC4)cc3)C2c2cccnc2)ccc1Cl. The van der Waals surface area contributed by atoms with Crippen LogP contribution in [-0.4, -0.2) is 41.5 Å². The second-order valence-electron chi connectivity index (χ2n) is 9.10. The van der Waals surface area contributed by atoms with Gasteiger partial charge in [-0.3, -0.25) is 19.5 Å². The molecule has 2 fully saturated rings. The van der Waals surface area contributed by atoms with Crippen molar-refractivity contribution in [1.82, 2.24) is 4.98 Å². The van der Waals surface area contributed by atoms with Crippen molar-refractivity contribution >= 4 is 40.4 Å². The molecule has 0 spiro atoms. The minimum atomic E-state index is -0.847. The summed E-state index contributed by atoms with van der Waals surface area (Å²) in [7, 11) is 0. The van der Waals surface area contributed by atoms with Crippen molar-refractivity contribution in [1.29, 1.82) is 0 Å². The summed E-state index contributed by atoms with van der Waals surface area (Å²) in [5, 5.41) is 11.7. The van der Waals surface area contributed by atoms with Crippen LogP contribution in [0, 0.1) is 0 Å². The van der Waals surface area contributed by atoms with E-state index in [-0.39, 0.29) is 11.3 Å². The zero-order chi connectivity index (χ0) is 25.9. The third kappa shape index (κ3) is 4.79. The van der Waals surface area contributed by atoms with Gasteiger partial charge in [0, 0.05) is 42.4 Å². The number of pyridine rings is 1. The topological polar surface area (TPSA) is 83.0 Å². The molecule has 3 heterocycles. The number of amides is 1. The Balaban J connectivity index is 1.59. The summed E-state index contributed by atoms with van der Waals surface area (Å²) in [6, 6.07) is 15.1. The molecule has 1 N–H and O–H groups in total. The number of hydrogen-bond donors (Lipinski definition) is 1. The molecule has 0 radical (unpaired) electrons. The molecule has 7 nitrogen and oxygen atoms in total. The van der Waals surface area contributed by atoms with Crippen molar-refractivity contribution in [3.63, 3.8) is 0 Å². The standard InChI is InChI=1S/C29H28ClN3O4/c1-2-37-24-17-19(8-13-23(24)30)27(34)25-26(20-7-6-14-31-18-20)33(29(36)28(25)35)22-11-9-21(10-12-22)32-15-4-3-5-16-32/h6-14,17-18,26,34H,2-5,15-16H2,1H3/b27-25-. The van der Waals surface area contributed by atoms with Gasteiger partial charge in [-0.1, -0.05) is 17.7 Å². The first-order valence-corrected chi connectivity index (χ1v) is 12.9. The van der Waals surface area contributed by atoms with Crippen molar-refractivity contribution in [3.8, 4) is 5.75 Å². The number of aliphatic hydroxyl groups is 1. The average molecular weight is 518 g/mol. The lowest BCUT2D eigenvalue weighted by molar-refractivity contribution is -0.132. The van der Waals surface area contributed by atoms with Crippen LogP contribution in [0.1, 0.15) is 43.4 Å². The smallest absolute Gasteiger partial charge is 0.300 e. The number of rotatable bonds is 6. The van der Waals surface area contributed by atoms with Crippen LogP contribution in [0.4, 0.5) is 11.4 Å². The molecule has 0 saturated carbocycles. The number of halogens is 1. The highest BCUT2D eigenvalue weighted by Gasteiger charge is 2.47. The van der Waals surface area contributed by atoms with Gasteiger partial charge in [-0.2, -0.15) is 0 Å². The molecule has 2 aliphatic heterocycles. The quantitative estimate of drug-likeness (QED) is 0.255. The first kappa shape index (κ1) is 24.8. The number of aliphatic hydroxyl groups excluding tert-OH is 1. The van der Waals surface area contributed by atoms with E-state index in [0.29, 0.717) is 34.2 Å². The van der Waals surface area contributed by atoms with E-state index in [4.69, 9.17) is 16.3 Å². The lowest BCUT2D eigenvalue weighted by atomic mass is 9.96. The Morgan fingerprint density at radius 2 is 1.78 bits per heavy atom. The minimum absolute atomic E-state index is 0.0112. The molecule has 0 bridgehead atoms. The fourth-order valence-corrected chi connectivity index (χ4v) is 5.17. The summed E-state index contributed by atoms with van der Waals surface area (Å²) < 4.78 is 5.56. The zero-order valence-electron chi connectivity index (χ0n) is 20.6. The van der Waals surface area contributed by atoms with Crippen molar-refractivity contribution in [3.05, 3.63) is 88.7 Å². The molecular formula is C29H28ClN3O4. The number of piperidine rings is 1. The molecule has 1 atom stereocenters. The predicted molar refractivity (Wildman–Crippen MR) is 144 cm³/mol. The lowest BCUT2D eigenvalue weighted by Crippen LogP contribution is -2.30. The normalized spacial score (nSPS) is 19.4. The fraction of sp³-hybridized carbons (Fsp3) is 0.276. The van der Waals surface area contributed by atoms with Crippen molar-refractivity contribution in [2.75, 3.05) is 29.5 Å². The van der Waals surface area contributed by atoms with Crippen LogP contribution >= 0.6 is 11.6 Å². The summed E-state index contributed by atoms with van der Waals surface area (Å²) in [4.78, 5) is 34.8. The Labute approximate surface area is 220 Å².